The zero-order valence-corrected chi connectivity index (χ0v) is 14.5. The lowest BCUT2D eigenvalue weighted by atomic mass is 9.73. The zero-order chi connectivity index (χ0) is 17.7. The molecule has 0 saturated carbocycles. The van der Waals surface area contributed by atoms with E-state index in [0.29, 0.717) is 12.8 Å². The summed E-state index contributed by atoms with van der Waals surface area (Å²) in [4.78, 5) is 0. The van der Waals surface area contributed by atoms with Gasteiger partial charge in [-0.05, 0) is 68.0 Å². The summed E-state index contributed by atoms with van der Waals surface area (Å²) in [5.41, 5.74) is 7.25. The Kier molecular flexibility index (Phi) is 5.84. The van der Waals surface area contributed by atoms with Crippen LogP contribution in [-0.4, -0.2) is 18.2 Å². The molecular formula is C21H27FN2O. The molecule has 2 aromatic carbocycles. The topological polar surface area (TPSA) is 58.3 Å². The van der Waals surface area contributed by atoms with Crippen LogP contribution in [0.25, 0.3) is 0 Å². The lowest BCUT2D eigenvalue weighted by molar-refractivity contribution is -0.0463. The molecule has 1 fully saturated rings. The molecule has 4 heteroatoms. The molecule has 0 aromatic heterocycles. The summed E-state index contributed by atoms with van der Waals surface area (Å²) in [6.45, 7) is 1.80. The van der Waals surface area contributed by atoms with Gasteiger partial charge in [-0.2, -0.15) is 0 Å². The van der Waals surface area contributed by atoms with Crippen LogP contribution in [0.15, 0.2) is 54.6 Å². The van der Waals surface area contributed by atoms with Crippen molar-refractivity contribution in [2.45, 2.75) is 37.3 Å². The maximum Gasteiger partial charge on any atom is 0.123 e. The van der Waals surface area contributed by atoms with E-state index < -0.39 is 5.60 Å². The molecular weight excluding hydrogens is 315 g/mol. The molecule has 2 aromatic rings. The lowest BCUT2D eigenvalue weighted by Crippen LogP contribution is -2.42. The SMILES string of the molecule is NC(CCC(O)(c1ccc(F)cc1)C1CCNCC1)c1ccccc1. The quantitative estimate of drug-likeness (QED) is 0.753. The minimum absolute atomic E-state index is 0.116. The van der Waals surface area contributed by atoms with Gasteiger partial charge >= 0.3 is 0 Å². The number of halogens is 1. The Morgan fingerprint density at radius 3 is 2.36 bits per heavy atom. The molecule has 1 heterocycles. The summed E-state index contributed by atoms with van der Waals surface area (Å²) in [6.07, 6.45) is 3.07. The van der Waals surface area contributed by atoms with Gasteiger partial charge in [-0.25, -0.2) is 4.39 Å². The van der Waals surface area contributed by atoms with Crippen molar-refractivity contribution in [3.8, 4) is 0 Å². The van der Waals surface area contributed by atoms with Gasteiger partial charge in [-0.15, -0.1) is 0 Å². The molecule has 1 aliphatic heterocycles. The van der Waals surface area contributed by atoms with Gasteiger partial charge in [0.2, 0.25) is 0 Å². The number of nitrogens with one attached hydrogen (secondary N) is 1. The summed E-state index contributed by atoms with van der Waals surface area (Å²) < 4.78 is 13.3. The van der Waals surface area contributed by atoms with E-state index in [1.165, 1.54) is 12.1 Å². The third-order valence-corrected chi connectivity index (χ3v) is 5.42. The highest BCUT2D eigenvalue weighted by molar-refractivity contribution is 5.25. The van der Waals surface area contributed by atoms with Crippen LogP contribution in [0.5, 0.6) is 0 Å². The summed E-state index contributed by atoms with van der Waals surface area (Å²) in [5, 5.41) is 14.9. The average molecular weight is 342 g/mol. The molecule has 2 unspecified atom stereocenters. The van der Waals surface area contributed by atoms with Crippen molar-refractivity contribution < 1.29 is 9.50 Å². The maximum atomic E-state index is 13.3. The summed E-state index contributed by atoms with van der Waals surface area (Å²) >= 11 is 0. The number of benzene rings is 2. The molecule has 3 nitrogen and oxygen atoms in total. The molecule has 1 saturated heterocycles. The first-order chi connectivity index (χ1) is 12.1. The monoisotopic (exact) mass is 342 g/mol. The molecule has 0 bridgehead atoms. The minimum Gasteiger partial charge on any atom is -0.385 e. The number of hydrogen-bond acceptors (Lipinski definition) is 3. The van der Waals surface area contributed by atoms with Crippen molar-refractivity contribution in [3.05, 3.63) is 71.5 Å². The second kappa shape index (κ2) is 8.09. The van der Waals surface area contributed by atoms with Gasteiger partial charge in [0.15, 0.2) is 0 Å². The molecule has 0 spiro atoms. The van der Waals surface area contributed by atoms with Crippen molar-refractivity contribution in [2.24, 2.45) is 11.7 Å². The Bertz CT molecular complexity index is 655. The normalized spacial score (nSPS) is 19.3. The highest BCUT2D eigenvalue weighted by Gasteiger charge is 2.38. The fourth-order valence-corrected chi connectivity index (χ4v) is 3.86. The molecule has 0 radical (unpaired) electrons. The zero-order valence-electron chi connectivity index (χ0n) is 14.5. The number of nitrogens with two attached hydrogens (primary N) is 1. The highest BCUT2D eigenvalue weighted by atomic mass is 19.1. The number of hydrogen-bond donors (Lipinski definition) is 3. The second-order valence-corrected chi connectivity index (χ2v) is 7.01. The van der Waals surface area contributed by atoms with E-state index in [1.54, 1.807) is 12.1 Å². The van der Waals surface area contributed by atoms with Gasteiger partial charge < -0.3 is 16.2 Å². The van der Waals surface area contributed by atoms with E-state index in [9.17, 15) is 9.50 Å². The smallest absolute Gasteiger partial charge is 0.123 e. The molecule has 0 aliphatic carbocycles. The minimum atomic E-state index is -0.970. The molecule has 1 aliphatic rings. The number of aliphatic hydroxyl groups is 1. The van der Waals surface area contributed by atoms with Crippen molar-refractivity contribution in [3.63, 3.8) is 0 Å². The molecule has 25 heavy (non-hydrogen) atoms. The Morgan fingerprint density at radius 1 is 1.08 bits per heavy atom. The van der Waals surface area contributed by atoms with Crippen LogP contribution in [0.3, 0.4) is 0 Å². The Labute approximate surface area is 149 Å². The largest absolute Gasteiger partial charge is 0.385 e. The lowest BCUT2D eigenvalue weighted by Gasteiger charge is -2.40. The van der Waals surface area contributed by atoms with Crippen LogP contribution in [0, 0.1) is 11.7 Å². The Hall–Kier alpha value is -1.75. The summed E-state index contributed by atoms with van der Waals surface area (Å²) in [6, 6.07) is 16.1. The molecule has 0 amide bonds. The van der Waals surface area contributed by atoms with Crippen molar-refractivity contribution in [1.29, 1.82) is 0 Å². The summed E-state index contributed by atoms with van der Waals surface area (Å²) in [5.74, 6) is -0.125. The number of piperidine rings is 1. The van der Waals surface area contributed by atoms with E-state index in [0.717, 1.165) is 37.1 Å². The Morgan fingerprint density at radius 2 is 1.72 bits per heavy atom. The summed E-state index contributed by atoms with van der Waals surface area (Å²) in [7, 11) is 0. The first kappa shape index (κ1) is 18.1. The first-order valence-corrected chi connectivity index (χ1v) is 9.09. The van der Waals surface area contributed by atoms with Crippen LogP contribution in [0.1, 0.15) is 42.9 Å². The van der Waals surface area contributed by atoms with Crippen molar-refractivity contribution in [1.82, 2.24) is 5.32 Å². The van der Waals surface area contributed by atoms with Crippen LogP contribution in [0.4, 0.5) is 4.39 Å². The number of rotatable bonds is 6. The average Bonchev–Trinajstić information content (AvgIpc) is 2.68. The second-order valence-electron chi connectivity index (χ2n) is 7.01. The van der Waals surface area contributed by atoms with Gasteiger partial charge in [0.25, 0.3) is 0 Å². The molecule has 134 valence electrons. The van der Waals surface area contributed by atoms with Gasteiger partial charge in [0.05, 0.1) is 5.60 Å². The van der Waals surface area contributed by atoms with Crippen LogP contribution in [0.2, 0.25) is 0 Å². The van der Waals surface area contributed by atoms with E-state index in [-0.39, 0.29) is 17.8 Å². The van der Waals surface area contributed by atoms with Gasteiger partial charge in [-0.1, -0.05) is 42.5 Å². The van der Waals surface area contributed by atoms with Crippen molar-refractivity contribution >= 4 is 0 Å². The standard InChI is InChI=1S/C21H27FN2O/c22-19-8-6-17(7-9-19)21(25,18-11-14-24-15-12-18)13-10-20(23)16-4-2-1-3-5-16/h1-9,18,20,24-25H,10-15,23H2. The molecule has 3 rings (SSSR count). The first-order valence-electron chi connectivity index (χ1n) is 9.09. The third-order valence-electron chi connectivity index (χ3n) is 5.42. The van der Waals surface area contributed by atoms with E-state index in [4.69, 9.17) is 5.73 Å². The van der Waals surface area contributed by atoms with Gasteiger partial charge in [-0.3, -0.25) is 0 Å². The van der Waals surface area contributed by atoms with E-state index in [2.05, 4.69) is 5.32 Å². The predicted octanol–water partition coefficient (Wildman–Crippen LogP) is 3.49. The molecule has 2 atom stereocenters. The van der Waals surface area contributed by atoms with E-state index in [1.807, 2.05) is 30.3 Å². The Balaban J connectivity index is 1.79. The maximum absolute atomic E-state index is 13.3. The fourth-order valence-electron chi connectivity index (χ4n) is 3.86. The fraction of sp³-hybridized carbons (Fsp3) is 0.429. The van der Waals surface area contributed by atoms with Gasteiger partial charge in [0.1, 0.15) is 5.82 Å². The van der Waals surface area contributed by atoms with Crippen molar-refractivity contribution in [2.75, 3.05) is 13.1 Å². The van der Waals surface area contributed by atoms with Crippen LogP contribution < -0.4 is 11.1 Å². The van der Waals surface area contributed by atoms with E-state index >= 15 is 0 Å². The predicted molar refractivity (Wildman–Crippen MR) is 98.5 cm³/mol. The highest BCUT2D eigenvalue weighted by Crippen LogP contribution is 2.40. The third kappa shape index (κ3) is 4.27. The molecule has 4 N–H and O–H groups in total. The van der Waals surface area contributed by atoms with Crippen LogP contribution in [-0.2, 0) is 5.60 Å². The van der Waals surface area contributed by atoms with Crippen LogP contribution >= 0.6 is 0 Å². The van der Waals surface area contributed by atoms with Gasteiger partial charge in [0, 0.05) is 6.04 Å².